The van der Waals surface area contributed by atoms with Gasteiger partial charge in [-0.3, -0.25) is 0 Å². The monoisotopic (exact) mass is 265 g/mol. The van der Waals surface area contributed by atoms with Gasteiger partial charge in [-0.25, -0.2) is 0 Å². The van der Waals surface area contributed by atoms with Gasteiger partial charge in [0.25, 0.3) is 0 Å². The molecule has 2 N–H and O–H groups in total. The van der Waals surface area contributed by atoms with E-state index in [0.717, 1.165) is 37.5 Å². The summed E-state index contributed by atoms with van der Waals surface area (Å²) in [6.45, 7) is 5.48. The van der Waals surface area contributed by atoms with Gasteiger partial charge in [0.05, 0.1) is 6.61 Å². The minimum Gasteiger partial charge on any atom is -0.491 e. The Kier molecular flexibility index (Phi) is 5.63. The van der Waals surface area contributed by atoms with Crippen LogP contribution in [0.2, 0.25) is 0 Å². The Morgan fingerprint density at radius 1 is 1.47 bits per heavy atom. The molecule has 106 valence electrons. The molecule has 0 aliphatic carbocycles. The van der Waals surface area contributed by atoms with Gasteiger partial charge >= 0.3 is 0 Å². The molecular weight excluding hydrogens is 242 g/mol. The van der Waals surface area contributed by atoms with E-state index in [0.29, 0.717) is 19.1 Å². The van der Waals surface area contributed by atoms with E-state index in [2.05, 4.69) is 5.32 Å². The summed E-state index contributed by atoms with van der Waals surface area (Å²) in [5.74, 6) is 1.43. The van der Waals surface area contributed by atoms with Crippen LogP contribution in [-0.4, -0.2) is 44.1 Å². The minimum atomic E-state index is -0.484. The summed E-state index contributed by atoms with van der Waals surface area (Å²) in [6, 6.07) is 7.84. The fourth-order valence-corrected chi connectivity index (χ4v) is 2.16. The van der Waals surface area contributed by atoms with Gasteiger partial charge in [-0.1, -0.05) is 18.2 Å². The molecule has 0 aromatic heterocycles. The summed E-state index contributed by atoms with van der Waals surface area (Å²) in [5, 5.41) is 13.1. The lowest BCUT2D eigenvalue weighted by Crippen LogP contribution is -2.34. The predicted molar refractivity (Wildman–Crippen MR) is 74.5 cm³/mol. The van der Waals surface area contributed by atoms with Crippen molar-refractivity contribution < 1.29 is 14.6 Å². The molecule has 0 saturated carbocycles. The maximum Gasteiger partial charge on any atom is 0.122 e. The Bertz CT molecular complexity index is 377. The fourth-order valence-electron chi connectivity index (χ4n) is 2.16. The number of ether oxygens (including phenoxy) is 2. The Hall–Kier alpha value is -1.10. The van der Waals surface area contributed by atoms with Crippen molar-refractivity contribution >= 4 is 0 Å². The Morgan fingerprint density at radius 2 is 2.32 bits per heavy atom. The van der Waals surface area contributed by atoms with Crippen LogP contribution in [0.15, 0.2) is 24.3 Å². The van der Waals surface area contributed by atoms with Crippen LogP contribution in [0, 0.1) is 12.8 Å². The third-order valence-corrected chi connectivity index (χ3v) is 3.36. The van der Waals surface area contributed by atoms with Crippen molar-refractivity contribution in [3.05, 3.63) is 29.8 Å². The molecule has 1 aromatic carbocycles. The molecule has 1 fully saturated rings. The first-order chi connectivity index (χ1) is 9.25. The van der Waals surface area contributed by atoms with E-state index >= 15 is 0 Å². The van der Waals surface area contributed by atoms with Crippen molar-refractivity contribution in [2.75, 3.05) is 32.9 Å². The second-order valence-electron chi connectivity index (χ2n) is 5.12. The first-order valence-electron chi connectivity index (χ1n) is 6.90. The second-order valence-corrected chi connectivity index (χ2v) is 5.12. The van der Waals surface area contributed by atoms with Gasteiger partial charge in [-0.15, -0.1) is 0 Å². The van der Waals surface area contributed by atoms with Crippen LogP contribution in [0.25, 0.3) is 0 Å². The average Bonchev–Trinajstić information content (AvgIpc) is 2.91. The van der Waals surface area contributed by atoms with Gasteiger partial charge in [-0.05, 0) is 30.9 Å². The van der Waals surface area contributed by atoms with Crippen molar-refractivity contribution in [2.45, 2.75) is 19.4 Å². The largest absolute Gasteiger partial charge is 0.491 e. The maximum atomic E-state index is 9.86. The van der Waals surface area contributed by atoms with Crippen molar-refractivity contribution in [3.8, 4) is 5.75 Å². The smallest absolute Gasteiger partial charge is 0.122 e. The lowest BCUT2D eigenvalue weighted by molar-refractivity contribution is 0.104. The summed E-state index contributed by atoms with van der Waals surface area (Å²) in [4.78, 5) is 0. The lowest BCUT2D eigenvalue weighted by Gasteiger charge is -2.15. The first-order valence-corrected chi connectivity index (χ1v) is 6.90. The lowest BCUT2D eigenvalue weighted by atomic mass is 10.1. The van der Waals surface area contributed by atoms with Crippen molar-refractivity contribution in [3.63, 3.8) is 0 Å². The van der Waals surface area contributed by atoms with Gasteiger partial charge in [0.1, 0.15) is 18.5 Å². The number of aliphatic hydroxyl groups is 1. The number of aliphatic hydroxyl groups excluding tert-OH is 1. The summed E-state index contributed by atoms with van der Waals surface area (Å²) >= 11 is 0. The van der Waals surface area contributed by atoms with Crippen molar-refractivity contribution in [1.29, 1.82) is 0 Å². The quantitative estimate of drug-likeness (QED) is 0.781. The Labute approximate surface area is 114 Å². The van der Waals surface area contributed by atoms with Gasteiger partial charge in [0.15, 0.2) is 0 Å². The van der Waals surface area contributed by atoms with Crippen LogP contribution in [-0.2, 0) is 4.74 Å². The average molecular weight is 265 g/mol. The molecule has 1 heterocycles. The van der Waals surface area contributed by atoms with E-state index in [-0.39, 0.29) is 0 Å². The van der Waals surface area contributed by atoms with Crippen LogP contribution in [0.3, 0.4) is 0 Å². The van der Waals surface area contributed by atoms with Gasteiger partial charge in [0.2, 0.25) is 0 Å². The molecule has 2 atom stereocenters. The molecule has 0 amide bonds. The molecule has 4 heteroatoms. The molecule has 1 aliphatic rings. The molecule has 1 saturated heterocycles. The highest BCUT2D eigenvalue weighted by atomic mass is 16.5. The molecule has 1 aliphatic heterocycles. The molecule has 0 spiro atoms. The molecule has 4 nitrogen and oxygen atoms in total. The zero-order valence-corrected chi connectivity index (χ0v) is 11.5. The molecule has 2 unspecified atom stereocenters. The van der Waals surface area contributed by atoms with E-state index in [9.17, 15) is 5.11 Å². The normalized spacial score (nSPS) is 20.4. The highest BCUT2D eigenvalue weighted by Crippen LogP contribution is 2.16. The highest BCUT2D eigenvalue weighted by Gasteiger charge is 2.15. The highest BCUT2D eigenvalue weighted by molar-refractivity contribution is 5.31. The zero-order chi connectivity index (χ0) is 13.5. The van der Waals surface area contributed by atoms with Gasteiger partial charge in [0, 0.05) is 19.7 Å². The van der Waals surface area contributed by atoms with E-state index in [1.165, 1.54) is 0 Å². The Morgan fingerprint density at radius 3 is 3.05 bits per heavy atom. The van der Waals surface area contributed by atoms with E-state index < -0.39 is 6.10 Å². The van der Waals surface area contributed by atoms with Crippen LogP contribution in [0.1, 0.15) is 12.0 Å². The van der Waals surface area contributed by atoms with Crippen LogP contribution < -0.4 is 10.1 Å². The number of hydrogen-bond acceptors (Lipinski definition) is 4. The zero-order valence-electron chi connectivity index (χ0n) is 11.5. The fraction of sp³-hybridized carbons (Fsp3) is 0.600. The molecule has 0 bridgehead atoms. The maximum absolute atomic E-state index is 9.86. The van der Waals surface area contributed by atoms with Crippen molar-refractivity contribution in [1.82, 2.24) is 5.32 Å². The van der Waals surface area contributed by atoms with Crippen molar-refractivity contribution in [2.24, 2.45) is 5.92 Å². The molecule has 2 rings (SSSR count). The standard InChI is InChI=1S/C15H23NO3/c1-12-4-2-3-5-15(12)19-11-14(17)9-16-8-13-6-7-18-10-13/h2-5,13-14,16-17H,6-11H2,1H3. The number of benzene rings is 1. The van der Waals surface area contributed by atoms with Gasteiger partial charge < -0.3 is 19.9 Å². The summed E-state index contributed by atoms with van der Waals surface area (Å²) < 4.78 is 10.9. The van der Waals surface area contributed by atoms with Crippen LogP contribution in [0.5, 0.6) is 5.75 Å². The number of para-hydroxylation sites is 1. The first kappa shape index (κ1) is 14.3. The predicted octanol–water partition coefficient (Wildman–Crippen LogP) is 1.36. The molecular formula is C15H23NO3. The third kappa shape index (κ3) is 4.82. The molecule has 0 radical (unpaired) electrons. The van der Waals surface area contributed by atoms with Crippen LogP contribution in [0.4, 0.5) is 0 Å². The number of nitrogens with one attached hydrogen (secondary N) is 1. The summed E-state index contributed by atoms with van der Waals surface area (Å²) in [6.07, 6.45) is 0.630. The van der Waals surface area contributed by atoms with E-state index in [4.69, 9.17) is 9.47 Å². The van der Waals surface area contributed by atoms with E-state index in [1.54, 1.807) is 0 Å². The third-order valence-electron chi connectivity index (χ3n) is 3.36. The number of rotatable bonds is 7. The number of aryl methyl sites for hydroxylation is 1. The second kappa shape index (κ2) is 7.48. The molecule has 1 aromatic rings. The minimum absolute atomic E-state index is 0.318. The van der Waals surface area contributed by atoms with E-state index in [1.807, 2.05) is 31.2 Å². The summed E-state index contributed by atoms with van der Waals surface area (Å²) in [5.41, 5.74) is 1.09. The van der Waals surface area contributed by atoms with Gasteiger partial charge in [-0.2, -0.15) is 0 Å². The summed E-state index contributed by atoms with van der Waals surface area (Å²) in [7, 11) is 0. The molecule has 19 heavy (non-hydrogen) atoms. The number of hydrogen-bond donors (Lipinski definition) is 2. The topological polar surface area (TPSA) is 50.7 Å². The SMILES string of the molecule is Cc1ccccc1OCC(O)CNCC1CCOC1. The van der Waals surface area contributed by atoms with Crippen LogP contribution >= 0.6 is 0 Å². The Balaban J connectivity index is 1.61.